The van der Waals surface area contributed by atoms with Gasteiger partial charge in [-0.25, -0.2) is 4.98 Å². The van der Waals surface area contributed by atoms with E-state index in [-0.39, 0.29) is 11.6 Å². The molecular formula is C10H18N4O. The molecule has 15 heavy (non-hydrogen) atoms. The number of nitrogens with zero attached hydrogens (tertiary/aromatic N) is 3. The van der Waals surface area contributed by atoms with Crippen molar-refractivity contribution in [3.8, 4) is 0 Å². The Balaban J connectivity index is 2.99. The zero-order valence-electron chi connectivity index (χ0n) is 9.47. The smallest absolute Gasteiger partial charge is 0.293 e. The Labute approximate surface area is 89.5 Å². The van der Waals surface area contributed by atoms with Gasteiger partial charge in [0.05, 0.1) is 0 Å². The SMILES string of the molecule is CCn1ccnc(N(C)CC(C)N)c1=O. The Morgan fingerprint density at radius 1 is 1.67 bits per heavy atom. The van der Waals surface area contributed by atoms with Crippen LogP contribution in [-0.2, 0) is 6.54 Å². The predicted molar refractivity (Wildman–Crippen MR) is 61.1 cm³/mol. The lowest BCUT2D eigenvalue weighted by molar-refractivity contribution is 0.681. The Morgan fingerprint density at radius 3 is 2.87 bits per heavy atom. The lowest BCUT2D eigenvalue weighted by Crippen LogP contribution is -2.37. The summed E-state index contributed by atoms with van der Waals surface area (Å²) in [6, 6.07) is 0.0199. The molecule has 1 aromatic heterocycles. The topological polar surface area (TPSA) is 64.2 Å². The molecule has 0 amide bonds. The van der Waals surface area contributed by atoms with Crippen LogP contribution in [-0.4, -0.2) is 29.2 Å². The number of aromatic nitrogens is 2. The van der Waals surface area contributed by atoms with Gasteiger partial charge in [-0.3, -0.25) is 4.79 Å². The number of likely N-dealkylation sites (N-methyl/N-ethyl adjacent to an activating group) is 1. The van der Waals surface area contributed by atoms with E-state index in [1.807, 2.05) is 20.9 Å². The van der Waals surface area contributed by atoms with Gasteiger partial charge in [0.15, 0.2) is 5.82 Å². The maximum Gasteiger partial charge on any atom is 0.293 e. The van der Waals surface area contributed by atoms with Gasteiger partial charge in [-0.05, 0) is 13.8 Å². The third-order valence-corrected chi connectivity index (χ3v) is 2.16. The fraction of sp³-hybridized carbons (Fsp3) is 0.600. The molecule has 2 N–H and O–H groups in total. The lowest BCUT2D eigenvalue weighted by atomic mass is 10.3. The monoisotopic (exact) mass is 210 g/mol. The summed E-state index contributed by atoms with van der Waals surface area (Å²) in [5, 5.41) is 0. The van der Waals surface area contributed by atoms with Crippen molar-refractivity contribution in [1.82, 2.24) is 9.55 Å². The van der Waals surface area contributed by atoms with Crippen molar-refractivity contribution in [2.75, 3.05) is 18.5 Å². The first-order valence-electron chi connectivity index (χ1n) is 5.08. The summed E-state index contributed by atoms with van der Waals surface area (Å²) < 4.78 is 1.63. The zero-order chi connectivity index (χ0) is 11.4. The van der Waals surface area contributed by atoms with Crippen LogP contribution in [0.5, 0.6) is 0 Å². The number of anilines is 1. The molecular weight excluding hydrogens is 192 g/mol. The van der Waals surface area contributed by atoms with Crippen LogP contribution in [0.3, 0.4) is 0 Å². The van der Waals surface area contributed by atoms with Crippen molar-refractivity contribution >= 4 is 5.82 Å². The van der Waals surface area contributed by atoms with Crippen molar-refractivity contribution in [3.05, 3.63) is 22.7 Å². The molecule has 0 aliphatic carbocycles. The predicted octanol–water partition coefficient (Wildman–Crippen LogP) is 0.0466. The van der Waals surface area contributed by atoms with Crippen molar-refractivity contribution in [3.63, 3.8) is 0 Å². The normalized spacial score (nSPS) is 12.5. The molecule has 1 unspecified atom stereocenters. The second kappa shape index (κ2) is 4.93. The van der Waals surface area contributed by atoms with E-state index in [1.54, 1.807) is 21.9 Å². The lowest BCUT2D eigenvalue weighted by Gasteiger charge is -2.19. The minimum Gasteiger partial charge on any atom is -0.354 e. The molecule has 0 aliphatic heterocycles. The third-order valence-electron chi connectivity index (χ3n) is 2.16. The second-order valence-electron chi connectivity index (χ2n) is 3.70. The van der Waals surface area contributed by atoms with Gasteiger partial charge in [0, 0.05) is 38.6 Å². The highest BCUT2D eigenvalue weighted by Crippen LogP contribution is 2.00. The minimum atomic E-state index is -0.0665. The Kier molecular flexibility index (Phi) is 3.85. The van der Waals surface area contributed by atoms with Gasteiger partial charge < -0.3 is 15.2 Å². The first-order valence-corrected chi connectivity index (χ1v) is 5.08. The van der Waals surface area contributed by atoms with Gasteiger partial charge in [-0.1, -0.05) is 0 Å². The minimum absolute atomic E-state index is 0.0199. The third kappa shape index (κ3) is 2.79. The van der Waals surface area contributed by atoms with E-state index in [1.165, 1.54) is 0 Å². The number of hydrogen-bond donors (Lipinski definition) is 1. The standard InChI is InChI=1S/C10H18N4O/c1-4-14-6-5-12-9(10(14)15)13(3)7-8(2)11/h5-6,8H,4,7,11H2,1-3H3. The number of hydrogen-bond acceptors (Lipinski definition) is 4. The maximum absolute atomic E-state index is 11.8. The molecule has 0 bridgehead atoms. The highest BCUT2D eigenvalue weighted by molar-refractivity contribution is 5.34. The van der Waals surface area contributed by atoms with Gasteiger partial charge in [0.2, 0.25) is 0 Å². The number of rotatable bonds is 4. The van der Waals surface area contributed by atoms with E-state index in [2.05, 4.69) is 4.98 Å². The van der Waals surface area contributed by atoms with E-state index in [0.717, 1.165) is 0 Å². The molecule has 84 valence electrons. The van der Waals surface area contributed by atoms with Crippen LogP contribution in [0.4, 0.5) is 5.82 Å². The second-order valence-corrected chi connectivity index (χ2v) is 3.70. The molecule has 0 spiro atoms. The van der Waals surface area contributed by atoms with Crippen LogP contribution in [0, 0.1) is 0 Å². The molecule has 5 nitrogen and oxygen atoms in total. The van der Waals surface area contributed by atoms with E-state index in [9.17, 15) is 4.79 Å². The fourth-order valence-electron chi connectivity index (χ4n) is 1.47. The van der Waals surface area contributed by atoms with Crippen molar-refractivity contribution in [2.45, 2.75) is 26.4 Å². The van der Waals surface area contributed by atoms with Crippen LogP contribution < -0.4 is 16.2 Å². The largest absolute Gasteiger partial charge is 0.354 e. The number of nitrogens with two attached hydrogens (primary N) is 1. The van der Waals surface area contributed by atoms with Gasteiger partial charge in [0.25, 0.3) is 5.56 Å². The highest BCUT2D eigenvalue weighted by atomic mass is 16.1. The molecule has 0 fully saturated rings. The highest BCUT2D eigenvalue weighted by Gasteiger charge is 2.10. The molecule has 1 rings (SSSR count). The summed E-state index contributed by atoms with van der Waals surface area (Å²) in [4.78, 5) is 17.7. The summed E-state index contributed by atoms with van der Waals surface area (Å²) in [6.45, 7) is 5.10. The average Bonchev–Trinajstić information content (AvgIpc) is 2.17. The fourth-order valence-corrected chi connectivity index (χ4v) is 1.47. The molecule has 0 saturated carbocycles. The summed E-state index contributed by atoms with van der Waals surface area (Å²) in [5.74, 6) is 0.455. The van der Waals surface area contributed by atoms with Crippen molar-refractivity contribution in [1.29, 1.82) is 0 Å². The summed E-state index contributed by atoms with van der Waals surface area (Å²) in [7, 11) is 1.83. The Morgan fingerprint density at radius 2 is 2.33 bits per heavy atom. The molecule has 5 heteroatoms. The van der Waals surface area contributed by atoms with Gasteiger partial charge in [0.1, 0.15) is 0 Å². The van der Waals surface area contributed by atoms with Crippen LogP contribution in [0.25, 0.3) is 0 Å². The first-order chi connectivity index (χ1) is 7.06. The van der Waals surface area contributed by atoms with Crippen LogP contribution >= 0.6 is 0 Å². The Bertz CT molecular complexity index is 372. The van der Waals surface area contributed by atoms with Crippen molar-refractivity contribution < 1.29 is 0 Å². The van der Waals surface area contributed by atoms with Gasteiger partial charge in [-0.15, -0.1) is 0 Å². The summed E-state index contributed by atoms with van der Waals surface area (Å²) >= 11 is 0. The molecule has 1 atom stereocenters. The molecule has 0 radical (unpaired) electrons. The summed E-state index contributed by atoms with van der Waals surface area (Å²) in [5.41, 5.74) is 5.61. The first kappa shape index (κ1) is 11.7. The molecule has 0 aliphatic rings. The Hall–Kier alpha value is -1.36. The molecule has 1 heterocycles. The molecule has 1 aromatic rings. The zero-order valence-corrected chi connectivity index (χ0v) is 9.47. The van der Waals surface area contributed by atoms with E-state index in [0.29, 0.717) is 18.9 Å². The quantitative estimate of drug-likeness (QED) is 0.762. The van der Waals surface area contributed by atoms with Crippen LogP contribution in [0.1, 0.15) is 13.8 Å². The number of aryl methyl sites for hydroxylation is 1. The van der Waals surface area contributed by atoms with Crippen LogP contribution in [0.2, 0.25) is 0 Å². The van der Waals surface area contributed by atoms with E-state index >= 15 is 0 Å². The average molecular weight is 210 g/mol. The molecule has 0 saturated heterocycles. The maximum atomic E-state index is 11.8. The van der Waals surface area contributed by atoms with E-state index in [4.69, 9.17) is 5.73 Å². The van der Waals surface area contributed by atoms with Crippen LogP contribution in [0.15, 0.2) is 17.2 Å². The molecule has 0 aromatic carbocycles. The van der Waals surface area contributed by atoms with Gasteiger partial charge in [-0.2, -0.15) is 0 Å². The van der Waals surface area contributed by atoms with Crippen molar-refractivity contribution in [2.24, 2.45) is 5.73 Å². The van der Waals surface area contributed by atoms with E-state index < -0.39 is 0 Å². The van der Waals surface area contributed by atoms with Gasteiger partial charge >= 0.3 is 0 Å². The summed E-state index contributed by atoms with van der Waals surface area (Å²) in [6.07, 6.45) is 3.32.